The minimum atomic E-state index is -4.54. The van der Waals surface area contributed by atoms with E-state index in [1.807, 2.05) is 0 Å². The van der Waals surface area contributed by atoms with Crippen molar-refractivity contribution >= 4 is 10.0 Å². The van der Waals surface area contributed by atoms with Crippen molar-refractivity contribution in [1.29, 1.82) is 0 Å². The molecule has 0 aromatic heterocycles. The summed E-state index contributed by atoms with van der Waals surface area (Å²) < 4.78 is 66.4. The van der Waals surface area contributed by atoms with E-state index in [1.165, 1.54) is 18.2 Å². The second-order valence-electron chi connectivity index (χ2n) is 5.47. The van der Waals surface area contributed by atoms with Gasteiger partial charge in [0.15, 0.2) is 0 Å². The van der Waals surface area contributed by atoms with Gasteiger partial charge >= 0.3 is 6.18 Å². The predicted molar refractivity (Wildman–Crippen MR) is 82.4 cm³/mol. The standard InChI is InChI=1S/C17H12F3NO2S/c1-2-10-16(12-6-5-7-13(11-12)17(18,19)20)14-8-3-4-9-15(14)24(22,23)21-16/h1,3-9,11,21H,10H2/t16-/m0/s1. The Balaban J connectivity index is 2.29. The number of hydrogen-bond acceptors (Lipinski definition) is 2. The largest absolute Gasteiger partial charge is 0.416 e. The van der Waals surface area contributed by atoms with Crippen LogP contribution in [0.3, 0.4) is 0 Å². The van der Waals surface area contributed by atoms with Crippen LogP contribution in [-0.4, -0.2) is 8.42 Å². The lowest BCUT2D eigenvalue weighted by molar-refractivity contribution is -0.137. The number of rotatable bonds is 2. The van der Waals surface area contributed by atoms with Crippen molar-refractivity contribution in [2.24, 2.45) is 0 Å². The monoisotopic (exact) mass is 351 g/mol. The van der Waals surface area contributed by atoms with Gasteiger partial charge in [-0.2, -0.15) is 17.9 Å². The summed E-state index contributed by atoms with van der Waals surface area (Å²) in [4.78, 5) is 0.0256. The Bertz CT molecular complexity index is 945. The van der Waals surface area contributed by atoms with E-state index in [0.717, 1.165) is 12.1 Å². The van der Waals surface area contributed by atoms with Gasteiger partial charge in [0.25, 0.3) is 0 Å². The summed E-state index contributed by atoms with van der Waals surface area (Å²) in [5.41, 5.74) is -1.77. The number of alkyl halides is 3. The van der Waals surface area contributed by atoms with Crippen LogP contribution >= 0.6 is 0 Å². The fraction of sp³-hybridized carbons (Fsp3) is 0.176. The summed E-state index contributed by atoms with van der Waals surface area (Å²) in [5, 5.41) is 0. The molecule has 0 unspecified atom stereocenters. The van der Waals surface area contributed by atoms with E-state index in [2.05, 4.69) is 10.6 Å². The maximum Gasteiger partial charge on any atom is 0.416 e. The smallest absolute Gasteiger partial charge is 0.207 e. The molecule has 0 radical (unpaired) electrons. The molecule has 0 amide bonds. The third-order valence-corrected chi connectivity index (χ3v) is 5.55. The second-order valence-corrected chi connectivity index (χ2v) is 7.12. The first kappa shape index (κ1) is 16.6. The van der Waals surface area contributed by atoms with Crippen LogP contribution in [-0.2, 0) is 21.7 Å². The fourth-order valence-corrected chi connectivity index (χ4v) is 4.61. The highest BCUT2D eigenvalue weighted by Crippen LogP contribution is 2.44. The van der Waals surface area contributed by atoms with Crippen molar-refractivity contribution in [2.45, 2.75) is 23.0 Å². The Hall–Kier alpha value is -2.30. The van der Waals surface area contributed by atoms with E-state index in [4.69, 9.17) is 6.42 Å². The molecule has 1 N–H and O–H groups in total. The highest BCUT2D eigenvalue weighted by atomic mass is 32.2. The van der Waals surface area contributed by atoms with E-state index in [-0.39, 0.29) is 16.9 Å². The minimum absolute atomic E-state index is 0.0256. The first-order valence-corrected chi connectivity index (χ1v) is 8.44. The highest BCUT2D eigenvalue weighted by molar-refractivity contribution is 7.89. The van der Waals surface area contributed by atoms with Gasteiger partial charge in [0.05, 0.1) is 16.0 Å². The van der Waals surface area contributed by atoms with Crippen LogP contribution in [0.4, 0.5) is 13.2 Å². The summed E-state index contributed by atoms with van der Waals surface area (Å²) in [7, 11) is -3.86. The molecule has 124 valence electrons. The van der Waals surface area contributed by atoms with Crippen LogP contribution in [0.25, 0.3) is 0 Å². The van der Waals surface area contributed by atoms with Crippen molar-refractivity contribution in [3.05, 3.63) is 65.2 Å². The third-order valence-electron chi connectivity index (χ3n) is 3.99. The van der Waals surface area contributed by atoms with E-state index < -0.39 is 27.3 Å². The van der Waals surface area contributed by atoms with Crippen LogP contribution in [0.5, 0.6) is 0 Å². The molecule has 2 aromatic carbocycles. The SMILES string of the molecule is C#CC[C@@]1(c2cccc(C(F)(F)F)c2)NS(=O)(=O)c2ccccc21. The molecule has 24 heavy (non-hydrogen) atoms. The van der Waals surface area contributed by atoms with Crippen LogP contribution in [0.1, 0.15) is 23.1 Å². The van der Waals surface area contributed by atoms with Gasteiger partial charge in [0.1, 0.15) is 0 Å². The van der Waals surface area contributed by atoms with Crippen molar-refractivity contribution in [3.8, 4) is 12.3 Å². The summed E-state index contributed by atoms with van der Waals surface area (Å²) in [5.74, 6) is 2.38. The van der Waals surface area contributed by atoms with Crippen LogP contribution in [0.2, 0.25) is 0 Å². The molecule has 2 aromatic rings. The number of nitrogens with one attached hydrogen (secondary N) is 1. The summed E-state index contributed by atoms with van der Waals surface area (Å²) in [6.07, 6.45) is 0.749. The van der Waals surface area contributed by atoms with E-state index in [0.29, 0.717) is 5.56 Å². The highest BCUT2D eigenvalue weighted by Gasteiger charge is 2.47. The van der Waals surface area contributed by atoms with Crippen LogP contribution < -0.4 is 4.72 Å². The van der Waals surface area contributed by atoms with E-state index in [9.17, 15) is 21.6 Å². The predicted octanol–water partition coefficient (Wildman–Crippen LogP) is 3.26. The number of hydrogen-bond donors (Lipinski definition) is 1. The first-order valence-electron chi connectivity index (χ1n) is 6.95. The zero-order valence-electron chi connectivity index (χ0n) is 12.3. The zero-order valence-corrected chi connectivity index (χ0v) is 13.1. The van der Waals surface area contributed by atoms with Crippen molar-refractivity contribution in [3.63, 3.8) is 0 Å². The van der Waals surface area contributed by atoms with Gasteiger partial charge < -0.3 is 0 Å². The Morgan fingerprint density at radius 1 is 1.12 bits per heavy atom. The van der Waals surface area contributed by atoms with Gasteiger partial charge in [0.2, 0.25) is 10.0 Å². The van der Waals surface area contributed by atoms with E-state index >= 15 is 0 Å². The Labute approximate surface area is 137 Å². The van der Waals surface area contributed by atoms with Gasteiger partial charge in [-0.05, 0) is 29.3 Å². The van der Waals surface area contributed by atoms with E-state index in [1.54, 1.807) is 18.2 Å². The molecule has 0 spiro atoms. The number of halogens is 3. The Morgan fingerprint density at radius 2 is 1.83 bits per heavy atom. The maximum atomic E-state index is 13.0. The average molecular weight is 351 g/mol. The lowest BCUT2D eigenvalue weighted by Gasteiger charge is -2.28. The molecular formula is C17H12F3NO2S. The lowest BCUT2D eigenvalue weighted by atomic mass is 9.81. The van der Waals surface area contributed by atoms with Gasteiger partial charge in [0, 0.05) is 6.42 Å². The quantitative estimate of drug-likeness (QED) is 0.844. The second kappa shape index (κ2) is 5.36. The van der Waals surface area contributed by atoms with Crippen LogP contribution in [0, 0.1) is 12.3 Å². The molecule has 1 atom stereocenters. The van der Waals surface area contributed by atoms with Crippen molar-refractivity contribution in [1.82, 2.24) is 4.72 Å². The minimum Gasteiger partial charge on any atom is -0.207 e. The Kier molecular flexibility index (Phi) is 3.70. The Morgan fingerprint density at radius 3 is 2.50 bits per heavy atom. The lowest BCUT2D eigenvalue weighted by Crippen LogP contribution is -2.40. The molecule has 0 bridgehead atoms. The molecule has 0 aliphatic carbocycles. The average Bonchev–Trinajstić information content (AvgIpc) is 2.76. The van der Waals surface area contributed by atoms with Crippen LogP contribution in [0.15, 0.2) is 53.4 Å². The summed E-state index contributed by atoms with van der Waals surface area (Å²) >= 11 is 0. The molecule has 1 aliphatic heterocycles. The number of fused-ring (bicyclic) bond motifs is 1. The summed E-state index contributed by atoms with van der Waals surface area (Å²) in [6.45, 7) is 0. The fourth-order valence-electron chi connectivity index (χ4n) is 2.95. The van der Waals surface area contributed by atoms with Crippen molar-refractivity contribution in [2.75, 3.05) is 0 Å². The molecule has 1 heterocycles. The first-order chi connectivity index (χ1) is 11.2. The summed E-state index contributed by atoms with van der Waals surface area (Å²) in [6, 6.07) is 10.7. The van der Waals surface area contributed by atoms with Gasteiger partial charge in [-0.15, -0.1) is 12.3 Å². The van der Waals surface area contributed by atoms with Gasteiger partial charge in [-0.3, -0.25) is 0 Å². The molecule has 7 heteroatoms. The normalized spacial score (nSPS) is 21.9. The molecule has 0 saturated heterocycles. The molecule has 1 aliphatic rings. The molecule has 0 saturated carbocycles. The number of terminal acetylenes is 1. The van der Waals surface area contributed by atoms with Crippen molar-refractivity contribution < 1.29 is 21.6 Å². The van der Waals surface area contributed by atoms with Gasteiger partial charge in [-0.1, -0.05) is 30.3 Å². The third kappa shape index (κ3) is 2.48. The number of benzene rings is 2. The van der Waals surface area contributed by atoms with Gasteiger partial charge in [-0.25, -0.2) is 8.42 Å². The maximum absolute atomic E-state index is 13.0. The molecule has 3 nitrogen and oxygen atoms in total. The topological polar surface area (TPSA) is 46.2 Å². The zero-order chi connectivity index (χ0) is 17.6. The molecule has 3 rings (SSSR count). The molecular weight excluding hydrogens is 339 g/mol. The number of sulfonamides is 1. The molecule has 0 fully saturated rings.